The van der Waals surface area contributed by atoms with Gasteiger partial charge >= 0.3 is 0 Å². The highest BCUT2D eigenvalue weighted by atomic mass is 32.1. The van der Waals surface area contributed by atoms with E-state index in [-0.39, 0.29) is 0 Å². The number of aromatic nitrogens is 1. The lowest BCUT2D eigenvalue weighted by Gasteiger charge is -2.32. The standard InChI is InChI=1S/C16H27N3S/c1-2-3-16-18-15(12-20-16)11-19-8-6-14(7-9-19)17-10-13-4-5-13/h12-14,17H,2-11H2,1H3. The van der Waals surface area contributed by atoms with E-state index >= 15 is 0 Å². The molecule has 0 unspecified atom stereocenters. The molecular weight excluding hydrogens is 266 g/mol. The Bertz CT molecular complexity index is 406. The van der Waals surface area contributed by atoms with Gasteiger partial charge in [-0.2, -0.15) is 0 Å². The minimum atomic E-state index is 0.762. The third kappa shape index (κ3) is 4.27. The van der Waals surface area contributed by atoms with Gasteiger partial charge in [0.25, 0.3) is 0 Å². The summed E-state index contributed by atoms with van der Waals surface area (Å²) in [6.45, 7) is 6.99. The van der Waals surface area contributed by atoms with Crippen LogP contribution in [0.5, 0.6) is 0 Å². The van der Waals surface area contributed by atoms with Crippen LogP contribution in [0.25, 0.3) is 0 Å². The molecule has 0 aromatic carbocycles. The molecular formula is C16H27N3S. The molecule has 112 valence electrons. The van der Waals surface area contributed by atoms with Gasteiger partial charge in [-0.25, -0.2) is 4.98 Å². The largest absolute Gasteiger partial charge is 0.314 e. The second kappa shape index (κ2) is 7.01. The van der Waals surface area contributed by atoms with E-state index in [1.54, 1.807) is 0 Å². The van der Waals surface area contributed by atoms with E-state index in [9.17, 15) is 0 Å². The Morgan fingerprint density at radius 1 is 1.30 bits per heavy atom. The third-order valence-electron chi connectivity index (χ3n) is 4.43. The predicted octanol–water partition coefficient (Wildman–Crippen LogP) is 3.06. The second-order valence-electron chi connectivity index (χ2n) is 6.38. The normalized spacial score (nSPS) is 21.4. The van der Waals surface area contributed by atoms with Gasteiger partial charge in [-0.05, 0) is 51.0 Å². The van der Waals surface area contributed by atoms with Crippen molar-refractivity contribution in [2.45, 2.75) is 58.0 Å². The van der Waals surface area contributed by atoms with Gasteiger partial charge in [0.1, 0.15) is 0 Å². The fraction of sp³-hybridized carbons (Fsp3) is 0.812. The maximum atomic E-state index is 4.74. The van der Waals surface area contributed by atoms with Gasteiger partial charge in [0.2, 0.25) is 0 Å². The number of hydrogen-bond acceptors (Lipinski definition) is 4. The van der Waals surface area contributed by atoms with Crippen molar-refractivity contribution >= 4 is 11.3 Å². The summed E-state index contributed by atoms with van der Waals surface area (Å²) in [5.41, 5.74) is 1.28. The van der Waals surface area contributed by atoms with Crippen molar-refractivity contribution in [2.75, 3.05) is 19.6 Å². The molecule has 3 nitrogen and oxygen atoms in total. The molecule has 2 fully saturated rings. The molecule has 1 N–H and O–H groups in total. The number of nitrogens with one attached hydrogen (secondary N) is 1. The van der Waals surface area contributed by atoms with Crippen molar-refractivity contribution in [3.63, 3.8) is 0 Å². The maximum absolute atomic E-state index is 4.74. The van der Waals surface area contributed by atoms with Gasteiger partial charge in [0.05, 0.1) is 10.7 Å². The average molecular weight is 293 g/mol. The van der Waals surface area contributed by atoms with E-state index in [0.717, 1.165) is 24.9 Å². The zero-order valence-corrected chi connectivity index (χ0v) is 13.4. The highest BCUT2D eigenvalue weighted by molar-refractivity contribution is 7.09. The number of hydrogen-bond donors (Lipinski definition) is 1. The first-order valence-corrected chi connectivity index (χ1v) is 9.10. The molecule has 0 amide bonds. The summed E-state index contributed by atoms with van der Waals surface area (Å²) in [5, 5.41) is 7.31. The number of thiazole rings is 1. The summed E-state index contributed by atoms with van der Waals surface area (Å²) < 4.78 is 0. The molecule has 2 heterocycles. The van der Waals surface area contributed by atoms with Crippen molar-refractivity contribution < 1.29 is 0 Å². The third-order valence-corrected chi connectivity index (χ3v) is 5.39. The molecule has 1 saturated carbocycles. The van der Waals surface area contributed by atoms with Gasteiger partial charge in [-0.3, -0.25) is 4.90 Å². The van der Waals surface area contributed by atoms with E-state index in [1.807, 2.05) is 11.3 Å². The number of rotatable bonds is 7. The summed E-state index contributed by atoms with van der Waals surface area (Å²) in [5.74, 6) is 1.00. The quantitative estimate of drug-likeness (QED) is 0.837. The topological polar surface area (TPSA) is 28.2 Å². The summed E-state index contributed by atoms with van der Waals surface area (Å²) in [6.07, 6.45) is 7.85. The minimum absolute atomic E-state index is 0.762. The van der Waals surface area contributed by atoms with E-state index < -0.39 is 0 Å². The first kappa shape index (κ1) is 14.5. The maximum Gasteiger partial charge on any atom is 0.0928 e. The molecule has 2 aliphatic rings. The molecule has 0 bridgehead atoms. The summed E-state index contributed by atoms with van der Waals surface area (Å²) in [7, 11) is 0. The Hall–Kier alpha value is -0.450. The fourth-order valence-corrected chi connectivity index (χ4v) is 3.82. The Balaban J connectivity index is 1.38. The number of piperidine rings is 1. The molecule has 0 atom stereocenters. The Labute approximate surface area is 126 Å². The van der Waals surface area contributed by atoms with Gasteiger partial charge in [-0.1, -0.05) is 6.92 Å². The SMILES string of the molecule is CCCc1nc(CN2CCC(NCC3CC3)CC2)cs1. The predicted molar refractivity (Wildman–Crippen MR) is 85.1 cm³/mol. The Kier molecular flexibility index (Phi) is 5.08. The lowest BCUT2D eigenvalue weighted by atomic mass is 10.0. The molecule has 0 spiro atoms. The van der Waals surface area contributed by atoms with Crippen LogP contribution in [0.2, 0.25) is 0 Å². The molecule has 3 rings (SSSR count). The molecule has 1 aliphatic heterocycles. The van der Waals surface area contributed by atoms with E-state index in [0.29, 0.717) is 0 Å². The van der Waals surface area contributed by atoms with Crippen LogP contribution in [0.15, 0.2) is 5.38 Å². The lowest BCUT2D eigenvalue weighted by Crippen LogP contribution is -2.42. The lowest BCUT2D eigenvalue weighted by molar-refractivity contribution is 0.188. The zero-order chi connectivity index (χ0) is 13.8. The van der Waals surface area contributed by atoms with Crippen LogP contribution in [0.4, 0.5) is 0 Å². The number of likely N-dealkylation sites (tertiary alicyclic amines) is 1. The van der Waals surface area contributed by atoms with Gasteiger partial charge in [0.15, 0.2) is 0 Å². The van der Waals surface area contributed by atoms with Crippen LogP contribution < -0.4 is 5.32 Å². The van der Waals surface area contributed by atoms with Crippen molar-refractivity contribution in [1.82, 2.24) is 15.2 Å². The summed E-state index contributed by atoms with van der Waals surface area (Å²) >= 11 is 1.83. The van der Waals surface area contributed by atoms with Crippen LogP contribution in [0.1, 0.15) is 49.7 Å². The van der Waals surface area contributed by atoms with Gasteiger partial charge in [-0.15, -0.1) is 11.3 Å². The Morgan fingerprint density at radius 2 is 2.10 bits per heavy atom. The summed E-state index contributed by atoms with van der Waals surface area (Å²) in [6, 6.07) is 0.762. The highest BCUT2D eigenvalue weighted by Gasteiger charge is 2.24. The van der Waals surface area contributed by atoms with E-state index in [1.165, 1.54) is 62.4 Å². The monoisotopic (exact) mass is 293 g/mol. The van der Waals surface area contributed by atoms with Crippen LogP contribution >= 0.6 is 11.3 Å². The van der Waals surface area contributed by atoms with Crippen LogP contribution in [0, 0.1) is 5.92 Å². The molecule has 1 aromatic rings. The van der Waals surface area contributed by atoms with Crippen molar-refractivity contribution in [1.29, 1.82) is 0 Å². The molecule has 1 saturated heterocycles. The van der Waals surface area contributed by atoms with Crippen molar-refractivity contribution in [3.05, 3.63) is 16.1 Å². The van der Waals surface area contributed by atoms with Gasteiger partial charge < -0.3 is 5.32 Å². The first-order valence-electron chi connectivity index (χ1n) is 8.22. The van der Waals surface area contributed by atoms with Crippen LogP contribution in [-0.2, 0) is 13.0 Å². The molecule has 1 aromatic heterocycles. The molecule has 0 radical (unpaired) electrons. The van der Waals surface area contributed by atoms with Crippen LogP contribution in [0.3, 0.4) is 0 Å². The molecule has 1 aliphatic carbocycles. The fourth-order valence-electron chi connectivity index (χ4n) is 2.93. The van der Waals surface area contributed by atoms with Crippen molar-refractivity contribution in [3.8, 4) is 0 Å². The average Bonchev–Trinajstić information content (AvgIpc) is 3.19. The van der Waals surface area contributed by atoms with E-state index in [4.69, 9.17) is 4.98 Å². The highest BCUT2D eigenvalue weighted by Crippen LogP contribution is 2.28. The minimum Gasteiger partial charge on any atom is -0.314 e. The Morgan fingerprint density at radius 3 is 2.80 bits per heavy atom. The number of nitrogens with zero attached hydrogens (tertiary/aromatic N) is 2. The van der Waals surface area contributed by atoms with Crippen LogP contribution in [-0.4, -0.2) is 35.6 Å². The second-order valence-corrected chi connectivity index (χ2v) is 7.33. The van der Waals surface area contributed by atoms with Gasteiger partial charge in [0, 0.05) is 31.1 Å². The summed E-state index contributed by atoms with van der Waals surface area (Å²) in [4.78, 5) is 7.31. The first-order chi connectivity index (χ1) is 9.83. The molecule has 4 heteroatoms. The van der Waals surface area contributed by atoms with Crippen molar-refractivity contribution in [2.24, 2.45) is 5.92 Å². The zero-order valence-electron chi connectivity index (χ0n) is 12.6. The molecule has 20 heavy (non-hydrogen) atoms. The number of aryl methyl sites for hydroxylation is 1. The smallest absolute Gasteiger partial charge is 0.0928 e. The van der Waals surface area contributed by atoms with E-state index in [2.05, 4.69) is 22.5 Å².